The van der Waals surface area contributed by atoms with Gasteiger partial charge in [-0.25, -0.2) is 0 Å². The van der Waals surface area contributed by atoms with Crippen molar-refractivity contribution >= 4 is 18.3 Å². The zero-order chi connectivity index (χ0) is 17.6. The van der Waals surface area contributed by atoms with Gasteiger partial charge in [-0.05, 0) is 28.7 Å². The Morgan fingerprint density at radius 3 is 2.16 bits per heavy atom. The Kier molecular flexibility index (Phi) is 7.94. The first-order valence-corrected chi connectivity index (χ1v) is 8.15. The van der Waals surface area contributed by atoms with E-state index in [1.165, 1.54) is 0 Å². The number of carbonyl (C=O) groups excluding carboxylic acids is 1. The predicted molar refractivity (Wildman–Crippen MR) is 104 cm³/mol. The topological polar surface area (TPSA) is 64.4 Å². The van der Waals surface area contributed by atoms with Crippen molar-refractivity contribution in [2.75, 3.05) is 0 Å². The number of hydrogen-bond acceptors (Lipinski definition) is 3. The minimum atomic E-state index is -0.518. The summed E-state index contributed by atoms with van der Waals surface area (Å²) in [5.41, 5.74) is 7.82. The number of halogens is 1. The molecule has 0 aromatic heterocycles. The maximum absolute atomic E-state index is 12.0. The first-order chi connectivity index (χ1) is 11.4. The Bertz CT molecular complexity index is 652. The quantitative estimate of drug-likeness (QED) is 0.823. The van der Waals surface area contributed by atoms with Gasteiger partial charge in [-0.3, -0.25) is 4.79 Å². The molecule has 1 atom stereocenters. The number of rotatable bonds is 6. The number of hydrogen-bond donors (Lipinski definition) is 2. The fourth-order valence-corrected chi connectivity index (χ4v) is 2.13. The molecule has 1 amide bonds. The number of amides is 1. The molecule has 3 N–H and O–H groups in total. The van der Waals surface area contributed by atoms with Gasteiger partial charge in [0.2, 0.25) is 5.91 Å². The molecule has 0 bridgehead atoms. The van der Waals surface area contributed by atoms with Crippen molar-refractivity contribution < 1.29 is 9.53 Å². The molecule has 0 heterocycles. The smallest absolute Gasteiger partial charge is 0.237 e. The lowest BCUT2D eigenvalue weighted by Gasteiger charge is -2.25. The Balaban J connectivity index is 0.00000312. The van der Waals surface area contributed by atoms with E-state index >= 15 is 0 Å². The molecule has 0 fully saturated rings. The van der Waals surface area contributed by atoms with E-state index in [1.807, 2.05) is 75.4 Å². The molecule has 0 aliphatic carbocycles. The highest BCUT2D eigenvalue weighted by atomic mass is 35.5. The maximum atomic E-state index is 12.0. The van der Waals surface area contributed by atoms with Gasteiger partial charge >= 0.3 is 0 Å². The Morgan fingerprint density at radius 1 is 1.04 bits per heavy atom. The van der Waals surface area contributed by atoms with E-state index < -0.39 is 6.04 Å². The van der Waals surface area contributed by atoms with Gasteiger partial charge in [0, 0.05) is 6.54 Å². The molecule has 0 saturated carbocycles. The largest absolute Gasteiger partial charge is 0.489 e. The van der Waals surface area contributed by atoms with Crippen molar-refractivity contribution in [3.05, 3.63) is 65.7 Å². The normalized spacial score (nSPS) is 12.0. The average Bonchev–Trinajstić information content (AvgIpc) is 2.58. The number of ether oxygens (including phenoxy) is 1. The van der Waals surface area contributed by atoms with Crippen LogP contribution in [0, 0.1) is 5.41 Å². The molecule has 0 unspecified atom stereocenters. The number of benzene rings is 2. The molecule has 0 spiro atoms. The molecule has 0 aliphatic rings. The van der Waals surface area contributed by atoms with Crippen LogP contribution in [0.25, 0.3) is 0 Å². The lowest BCUT2D eigenvalue weighted by atomic mass is 9.87. The fraction of sp³-hybridized carbons (Fsp3) is 0.350. The van der Waals surface area contributed by atoms with Gasteiger partial charge < -0.3 is 15.8 Å². The molecule has 136 valence electrons. The van der Waals surface area contributed by atoms with Gasteiger partial charge in [-0.15, -0.1) is 12.4 Å². The van der Waals surface area contributed by atoms with Gasteiger partial charge in [0.15, 0.2) is 0 Å². The van der Waals surface area contributed by atoms with Crippen molar-refractivity contribution in [2.24, 2.45) is 11.1 Å². The van der Waals surface area contributed by atoms with Crippen molar-refractivity contribution in [3.8, 4) is 5.75 Å². The average molecular weight is 363 g/mol. The summed E-state index contributed by atoms with van der Waals surface area (Å²) in [5.74, 6) is 0.726. The summed E-state index contributed by atoms with van der Waals surface area (Å²) in [7, 11) is 0. The number of para-hydroxylation sites is 1. The lowest BCUT2D eigenvalue weighted by Crippen LogP contribution is -2.48. The SMILES string of the molecule is CC(C)(C)[C@H](N)C(=O)NCc1ccc(COc2ccccc2)cc1.Cl. The summed E-state index contributed by atoms with van der Waals surface area (Å²) in [6.07, 6.45) is 0. The molecule has 25 heavy (non-hydrogen) atoms. The number of nitrogens with one attached hydrogen (secondary N) is 1. The summed E-state index contributed by atoms with van der Waals surface area (Å²) in [6.45, 7) is 6.87. The third-order valence-electron chi connectivity index (χ3n) is 3.85. The Labute approximate surface area is 156 Å². The minimum Gasteiger partial charge on any atom is -0.489 e. The summed E-state index contributed by atoms with van der Waals surface area (Å²) >= 11 is 0. The standard InChI is InChI=1S/C20H26N2O2.ClH/c1-20(2,3)18(21)19(23)22-13-15-9-11-16(12-10-15)14-24-17-7-5-4-6-8-17;/h4-12,18H,13-14,21H2,1-3H3,(H,22,23);1H/t18-;/m1./s1. The summed E-state index contributed by atoms with van der Waals surface area (Å²) in [4.78, 5) is 12.0. The van der Waals surface area contributed by atoms with Gasteiger partial charge in [0.05, 0.1) is 6.04 Å². The molecule has 2 aromatic rings. The maximum Gasteiger partial charge on any atom is 0.237 e. The molecule has 4 nitrogen and oxygen atoms in total. The van der Waals surface area contributed by atoms with Crippen molar-refractivity contribution in [3.63, 3.8) is 0 Å². The third kappa shape index (κ3) is 6.77. The Hall–Kier alpha value is -2.04. The second kappa shape index (κ2) is 9.44. The van der Waals surface area contributed by atoms with E-state index in [0.29, 0.717) is 13.2 Å². The van der Waals surface area contributed by atoms with Crippen LogP contribution < -0.4 is 15.8 Å². The number of carbonyl (C=O) groups is 1. The molecular formula is C20H27ClN2O2. The Morgan fingerprint density at radius 2 is 1.60 bits per heavy atom. The summed E-state index contributed by atoms with van der Waals surface area (Å²) < 4.78 is 5.71. The molecule has 5 heteroatoms. The van der Waals surface area contributed by atoms with E-state index in [0.717, 1.165) is 16.9 Å². The van der Waals surface area contributed by atoms with Crippen LogP contribution in [-0.2, 0) is 17.9 Å². The van der Waals surface area contributed by atoms with Gasteiger partial charge in [0.1, 0.15) is 12.4 Å². The van der Waals surface area contributed by atoms with Gasteiger partial charge in [0.25, 0.3) is 0 Å². The first kappa shape index (κ1) is 21.0. The highest BCUT2D eigenvalue weighted by Crippen LogP contribution is 2.17. The lowest BCUT2D eigenvalue weighted by molar-refractivity contribution is -0.124. The molecular weight excluding hydrogens is 336 g/mol. The van der Waals surface area contributed by atoms with E-state index in [9.17, 15) is 4.79 Å². The molecule has 2 aromatic carbocycles. The van der Waals surface area contributed by atoms with E-state index in [2.05, 4.69) is 5.32 Å². The van der Waals surface area contributed by atoms with Crippen LogP contribution in [0.15, 0.2) is 54.6 Å². The zero-order valence-corrected chi connectivity index (χ0v) is 15.8. The van der Waals surface area contributed by atoms with E-state index in [-0.39, 0.29) is 23.7 Å². The van der Waals surface area contributed by atoms with Crippen molar-refractivity contribution in [2.45, 2.75) is 40.0 Å². The number of nitrogens with two attached hydrogens (primary N) is 1. The van der Waals surface area contributed by atoms with E-state index in [1.54, 1.807) is 0 Å². The third-order valence-corrected chi connectivity index (χ3v) is 3.85. The summed E-state index contributed by atoms with van der Waals surface area (Å²) in [6, 6.07) is 17.2. The van der Waals surface area contributed by atoms with Gasteiger partial charge in [-0.1, -0.05) is 63.2 Å². The van der Waals surface area contributed by atoms with Crippen LogP contribution in [0.5, 0.6) is 5.75 Å². The molecule has 0 saturated heterocycles. The van der Waals surface area contributed by atoms with Gasteiger partial charge in [-0.2, -0.15) is 0 Å². The second-order valence-corrected chi connectivity index (χ2v) is 6.98. The molecule has 2 rings (SSSR count). The van der Waals surface area contributed by atoms with Crippen LogP contribution in [0.4, 0.5) is 0 Å². The molecule has 0 radical (unpaired) electrons. The first-order valence-electron chi connectivity index (χ1n) is 8.15. The molecule has 0 aliphatic heterocycles. The van der Waals surface area contributed by atoms with Crippen molar-refractivity contribution in [1.82, 2.24) is 5.32 Å². The summed E-state index contributed by atoms with van der Waals surface area (Å²) in [5, 5.41) is 2.89. The van der Waals surface area contributed by atoms with Crippen LogP contribution in [0.3, 0.4) is 0 Å². The fourth-order valence-electron chi connectivity index (χ4n) is 2.13. The minimum absolute atomic E-state index is 0. The second-order valence-electron chi connectivity index (χ2n) is 6.98. The highest BCUT2D eigenvalue weighted by Gasteiger charge is 2.26. The zero-order valence-electron chi connectivity index (χ0n) is 15.0. The van der Waals surface area contributed by atoms with Crippen LogP contribution in [-0.4, -0.2) is 11.9 Å². The van der Waals surface area contributed by atoms with Crippen LogP contribution in [0.1, 0.15) is 31.9 Å². The monoisotopic (exact) mass is 362 g/mol. The highest BCUT2D eigenvalue weighted by molar-refractivity contribution is 5.85. The predicted octanol–water partition coefficient (Wildman–Crippen LogP) is 3.68. The van der Waals surface area contributed by atoms with E-state index in [4.69, 9.17) is 10.5 Å². The van der Waals surface area contributed by atoms with Crippen LogP contribution >= 0.6 is 12.4 Å². The van der Waals surface area contributed by atoms with Crippen LogP contribution in [0.2, 0.25) is 0 Å². The van der Waals surface area contributed by atoms with Crippen molar-refractivity contribution in [1.29, 1.82) is 0 Å².